The van der Waals surface area contributed by atoms with Crippen molar-refractivity contribution in [3.8, 4) is 55.6 Å². The van der Waals surface area contributed by atoms with Gasteiger partial charge in [-0.25, -0.2) is 0 Å². The Morgan fingerprint density at radius 1 is 0.247 bits per heavy atom. The van der Waals surface area contributed by atoms with Crippen LogP contribution in [-0.2, 0) is 0 Å². The lowest BCUT2D eigenvalue weighted by Crippen LogP contribution is -2.14. The normalized spacial score (nSPS) is 11.3. The molecule has 0 amide bonds. The summed E-state index contributed by atoms with van der Waals surface area (Å²) in [5.74, 6) is 0. The zero-order valence-corrected chi connectivity index (χ0v) is 40.0. The molecule has 0 spiro atoms. The fourth-order valence-corrected chi connectivity index (χ4v) is 10.5. The number of furan rings is 1. The number of hydrogen-bond donors (Lipinski definition) is 0. The minimum absolute atomic E-state index is 0.786. The maximum Gasteiger partial charge on any atom is 0.161 e. The number of nitrogens with zero attached hydrogens (tertiary/aromatic N) is 2. The highest BCUT2D eigenvalue weighted by atomic mass is 16.3. The van der Waals surface area contributed by atoms with Gasteiger partial charge in [0.25, 0.3) is 0 Å². The van der Waals surface area contributed by atoms with E-state index in [0.717, 1.165) is 100 Å². The molecule has 1 heterocycles. The van der Waals surface area contributed by atoms with Gasteiger partial charge >= 0.3 is 0 Å². The summed E-state index contributed by atoms with van der Waals surface area (Å²) in [4.78, 5) is 4.81. The van der Waals surface area contributed by atoms with E-state index < -0.39 is 0 Å². The molecule has 0 N–H and O–H groups in total. The molecule has 0 aliphatic heterocycles. The quantitative estimate of drug-likeness (QED) is 0.129. The van der Waals surface area contributed by atoms with E-state index in [4.69, 9.17) is 4.42 Å². The topological polar surface area (TPSA) is 19.6 Å². The van der Waals surface area contributed by atoms with E-state index in [-0.39, 0.29) is 0 Å². The summed E-state index contributed by atoms with van der Waals surface area (Å²) in [6, 6.07) is 104. The Kier molecular flexibility index (Phi) is 11.2. The minimum Gasteiger partial charge on any atom is -0.454 e. The molecule has 3 heteroatoms. The molecule has 3 nitrogen and oxygen atoms in total. The van der Waals surface area contributed by atoms with E-state index in [1.807, 2.05) is 0 Å². The van der Waals surface area contributed by atoms with Gasteiger partial charge in [-0.1, -0.05) is 231 Å². The molecule has 0 aliphatic carbocycles. The Balaban J connectivity index is 1.07. The molecule has 0 unspecified atom stereocenters. The van der Waals surface area contributed by atoms with E-state index in [1.54, 1.807) is 0 Å². The van der Waals surface area contributed by atoms with E-state index in [9.17, 15) is 0 Å². The molecule has 0 saturated heterocycles. The monoisotopic (exact) mass is 932 g/mol. The number of anilines is 6. The van der Waals surface area contributed by atoms with E-state index in [2.05, 4.69) is 301 Å². The maximum atomic E-state index is 7.40. The average molecular weight is 933 g/mol. The molecule has 0 saturated carbocycles. The van der Waals surface area contributed by atoms with Gasteiger partial charge in [-0.3, -0.25) is 0 Å². The Hall–Kier alpha value is -9.70. The smallest absolute Gasteiger partial charge is 0.161 e. The summed E-state index contributed by atoms with van der Waals surface area (Å²) in [7, 11) is 0. The highest BCUT2D eigenvalue weighted by Crippen LogP contribution is 2.52. The van der Waals surface area contributed by atoms with E-state index >= 15 is 0 Å². The molecule has 344 valence electrons. The van der Waals surface area contributed by atoms with Crippen molar-refractivity contribution in [3.63, 3.8) is 0 Å². The number of rotatable bonds is 11. The maximum absolute atomic E-state index is 7.40. The van der Waals surface area contributed by atoms with Crippen LogP contribution in [0.25, 0.3) is 88.3 Å². The van der Waals surface area contributed by atoms with Crippen molar-refractivity contribution in [2.24, 2.45) is 0 Å². The largest absolute Gasteiger partial charge is 0.454 e. The van der Waals surface area contributed by atoms with Crippen LogP contribution in [0.4, 0.5) is 34.1 Å². The summed E-state index contributed by atoms with van der Waals surface area (Å²) >= 11 is 0. The second-order valence-electron chi connectivity index (χ2n) is 18.4. The van der Waals surface area contributed by atoms with Crippen LogP contribution in [0, 0.1) is 0 Å². The van der Waals surface area contributed by atoms with Crippen LogP contribution in [0.2, 0.25) is 0 Å². The highest BCUT2D eigenvalue weighted by molar-refractivity contribution is 6.20. The van der Waals surface area contributed by atoms with Gasteiger partial charge in [0.05, 0.1) is 28.1 Å². The van der Waals surface area contributed by atoms with Crippen LogP contribution in [-0.4, -0.2) is 0 Å². The van der Waals surface area contributed by atoms with Crippen LogP contribution in [0.5, 0.6) is 0 Å². The first-order valence-corrected chi connectivity index (χ1v) is 24.9. The molecule has 0 aliphatic rings. The van der Waals surface area contributed by atoms with Crippen molar-refractivity contribution < 1.29 is 4.42 Å². The van der Waals surface area contributed by atoms with Crippen LogP contribution in [0.3, 0.4) is 0 Å². The summed E-state index contributed by atoms with van der Waals surface area (Å²) in [6.45, 7) is 0. The first kappa shape index (κ1) is 43.3. The fraction of sp³-hybridized carbons (Fsp3) is 0. The second-order valence-corrected chi connectivity index (χ2v) is 18.4. The summed E-state index contributed by atoms with van der Waals surface area (Å²) in [5.41, 5.74) is 19.2. The van der Waals surface area contributed by atoms with Crippen molar-refractivity contribution in [2.75, 3.05) is 9.80 Å². The zero-order valence-electron chi connectivity index (χ0n) is 40.0. The minimum atomic E-state index is 0.786. The predicted octanol–water partition coefficient (Wildman–Crippen LogP) is 20.0. The number of fused-ring (bicyclic) bond motifs is 4. The van der Waals surface area contributed by atoms with Crippen molar-refractivity contribution in [1.29, 1.82) is 0 Å². The second kappa shape index (κ2) is 18.9. The van der Waals surface area contributed by atoms with Crippen molar-refractivity contribution in [2.45, 2.75) is 0 Å². The van der Waals surface area contributed by atoms with Gasteiger partial charge in [0.2, 0.25) is 0 Å². The van der Waals surface area contributed by atoms with Gasteiger partial charge < -0.3 is 14.2 Å². The molecule has 13 rings (SSSR count). The van der Waals surface area contributed by atoms with Crippen molar-refractivity contribution in [3.05, 3.63) is 291 Å². The first-order valence-electron chi connectivity index (χ1n) is 24.9. The van der Waals surface area contributed by atoms with Crippen molar-refractivity contribution >= 4 is 66.8 Å². The van der Waals surface area contributed by atoms with Gasteiger partial charge in [0.1, 0.15) is 5.58 Å². The van der Waals surface area contributed by atoms with Crippen molar-refractivity contribution in [1.82, 2.24) is 0 Å². The molecule has 0 radical (unpaired) electrons. The lowest BCUT2D eigenvalue weighted by molar-refractivity contribution is 0.669. The van der Waals surface area contributed by atoms with Gasteiger partial charge in [-0.2, -0.15) is 0 Å². The molecule has 1 aromatic heterocycles. The lowest BCUT2D eigenvalue weighted by atomic mass is 9.97. The molecule has 0 bridgehead atoms. The summed E-state index contributed by atoms with van der Waals surface area (Å²) < 4.78 is 7.40. The first-order chi connectivity index (χ1) is 36.2. The Morgan fingerprint density at radius 2 is 0.589 bits per heavy atom. The SMILES string of the molecule is c1ccc(-c2ccc(-c3ccccc3N(c3ccc(-c4ccccc4)cc3)c3ccc(N(c4ccc(-c5ccccc5)cc4)c4ccccc4-c4ccccc4)c4oc5cc6ccccc6cc5c34)cc2)cc1. The van der Waals surface area contributed by atoms with E-state index in [1.165, 1.54) is 22.3 Å². The Bertz CT molecular complexity index is 4040. The molecular weight excluding hydrogens is 885 g/mol. The molecule has 0 atom stereocenters. The van der Waals surface area contributed by atoms with Crippen LogP contribution in [0.1, 0.15) is 0 Å². The molecular formula is C70H48N2O. The van der Waals surface area contributed by atoms with Gasteiger partial charge in [-0.05, 0) is 116 Å². The molecule has 12 aromatic carbocycles. The number of para-hydroxylation sites is 2. The van der Waals surface area contributed by atoms with E-state index in [0.29, 0.717) is 0 Å². The third-order valence-corrected chi connectivity index (χ3v) is 14.1. The molecule has 13 aromatic rings. The third-order valence-electron chi connectivity index (χ3n) is 14.1. The lowest BCUT2D eigenvalue weighted by Gasteiger charge is -2.31. The summed E-state index contributed by atoms with van der Waals surface area (Å²) in [6.07, 6.45) is 0. The Morgan fingerprint density at radius 3 is 1.08 bits per heavy atom. The third kappa shape index (κ3) is 8.19. The zero-order chi connectivity index (χ0) is 48.5. The van der Waals surface area contributed by atoms with Gasteiger partial charge in [0, 0.05) is 27.9 Å². The summed E-state index contributed by atoms with van der Waals surface area (Å²) in [5, 5.41) is 4.33. The fourth-order valence-electron chi connectivity index (χ4n) is 10.5. The molecule has 73 heavy (non-hydrogen) atoms. The number of hydrogen-bond acceptors (Lipinski definition) is 3. The predicted molar refractivity (Wildman–Crippen MR) is 308 cm³/mol. The van der Waals surface area contributed by atoms with Gasteiger partial charge in [0.15, 0.2) is 5.58 Å². The Labute approximate surface area is 425 Å². The number of benzene rings is 12. The standard InChI is InChI=1S/C70H48N2O/c1-5-19-49(20-6-1)52-33-35-56(36-34-52)62-30-16-17-31-64(62)71(59-41-37-53(38-42-59)50-21-7-2-8-22-50)66-45-46-67(70-69(66)63-47-57-27-13-14-28-58(57)48-68(63)73-70)72(60-43-39-54(40-44-60)51-23-9-3-10-24-51)65-32-18-15-29-61(65)55-25-11-4-12-26-55/h1-48H. The average Bonchev–Trinajstić information content (AvgIpc) is 3.85. The van der Waals surface area contributed by atoms with Crippen LogP contribution < -0.4 is 9.80 Å². The molecule has 0 fully saturated rings. The highest BCUT2D eigenvalue weighted by Gasteiger charge is 2.28. The van der Waals surface area contributed by atoms with Crippen LogP contribution >= 0.6 is 0 Å². The van der Waals surface area contributed by atoms with Gasteiger partial charge in [-0.15, -0.1) is 0 Å². The van der Waals surface area contributed by atoms with Crippen LogP contribution in [0.15, 0.2) is 296 Å².